The van der Waals surface area contributed by atoms with Crippen molar-refractivity contribution in [3.05, 3.63) is 62.1 Å². The number of ether oxygens (including phenoxy) is 1. The predicted molar refractivity (Wildman–Crippen MR) is 85.8 cm³/mol. The van der Waals surface area contributed by atoms with Crippen LogP contribution in [0.1, 0.15) is 11.1 Å². The van der Waals surface area contributed by atoms with E-state index in [-0.39, 0.29) is 5.69 Å². The Balaban J connectivity index is 2.26. The number of hydrogen-bond acceptors (Lipinski definition) is 5. The zero-order chi connectivity index (χ0) is 16.1. The maximum Gasteiger partial charge on any atom is 0.270 e. The van der Waals surface area contributed by atoms with Crippen molar-refractivity contribution in [2.75, 3.05) is 12.4 Å². The number of methoxy groups -OCH3 is 1. The van der Waals surface area contributed by atoms with Crippen molar-refractivity contribution in [3.63, 3.8) is 0 Å². The van der Waals surface area contributed by atoms with Gasteiger partial charge in [-0.25, -0.2) is 0 Å². The van der Waals surface area contributed by atoms with Crippen LogP contribution in [-0.4, -0.2) is 12.0 Å². The number of nitrogens with zero attached hydrogens (tertiary/aromatic N) is 2. The molecule has 0 radical (unpaired) electrons. The summed E-state index contributed by atoms with van der Waals surface area (Å²) in [7, 11) is 1.50. The van der Waals surface area contributed by atoms with Crippen LogP contribution in [0.4, 0.5) is 11.4 Å². The van der Waals surface area contributed by atoms with E-state index in [2.05, 4.69) is 27.3 Å². The zero-order valence-electron chi connectivity index (χ0n) is 11.7. The Hall–Kier alpha value is -2.59. The summed E-state index contributed by atoms with van der Waals surface area (Å²) in [5, 5.41) is 23.1. The van der Waals surface area contributed by atoms with Crippen LogP contribution in [-0.2, 0) is 6.54 Å². The summed E-state index contributed by atoms with van der Waals surface area (Å²) in [6, 6.07) is 11.8. The molecule has 0 atom stereocenters. The molecular formula is C15H12BrN3O3. The summed E-state index contributed by atoms with van der Waals surface area (Å²) in [5.41, 5.74) is 1.77. The van der Waals surface area contributed by atoms with E-state index < -0.39 is 4.92 Å². The van der Waals surface area contributed by atoms with Gasteiger partial charge < -0.3 is 10.1 Å². The first-order chi connectivity index (χ1) is 10.5. The number of nitriles is 1. The molecule has 2 aromatic carbocycles. The number of nitro groups is 1. The van der Waals surface area contributed by atoms with Crippen LogP contribution in [0.25, 0.3) is 0 Å². The lowest BCUT2D eigenvalue weighted by Crippen LogP contribution is -2.04. The van der Waals surface area contributed by atoms with Crippen LogP contribution >= 0.6 is 15.9 Å². The number of non-ortho nitro benzene ring substituents is 1. The second kappa shape index (κ2) is 6.91. The third-order valence-corrected chi connectivity index (χ3v) is 3.54. The molecule has 0 saturated heterocycles. The molecule has 112 valence electrons. The third kappa shape index (κ3) is 3.54. The minimum atomic E-state index is -0.455. The first kappa shape index (κ1) is 15.8. The first-order valence-electron chi connectivity index (χ1n) is 6.30. The Kier molecular flexibility index (Phi) is 4.96. The molecule has 0 spiro atoms. The molecule has 0 aliphatic carbocycles. The molecule has 0 aromatic heterocycles. The number of hydrogen-bond donors (Lipinski definition) is 1. The molecule has 0 bridgehead atoms. The van der Waals surface area contributed by atoms with Crippen molar-refractivity contribution in [3.8, 4) is 11.8 Å². The van der Waals surface area contributed by atoms with E-state index in [0.717, 1.165) is 4.47 Å². The lowest BCUT2D eigenvalue weighted by atomic mass is 10.1. The number of benzene rings is 2. The van der Waals surface area contributed by atoms with Gasteiger partial charge in [0.15, 0.2) is 0 Å². The van der Waals surface area contributed by atoms with Crippen LogP contribution in [0.15, 0.2) is 40.9 Å². The van der Waals surface area contributed by atoms with Gasteiger partial charge in [-0.15, -0.1) is 0 Å². The highest BCUT2D eigenvalue weighted by atomic mass is 79.9. The van der Waals surface area contributed by atoms with E-state index in [0.29, 0.717) is 29.1 Å². The summed E-state index contributed by atoms with van der Waals surface area (Å²) in [5.74, 6) is 0.550. The highest BCUT2D eigenvalue weighted by Gasteiger charge is 2.12. The second-order valence-electron chi connectivity index (χ2n) is 4.41. The minimum absolute atomic E-state index is 0.00564. The van der Waals surface area contributed by atoms with E-state index >= 15 is 0 Å². The molecule has 0 amide bonds. The number of nitrogens with one attached hydrogen (secondary N) is 1. The molecule has 0 unspecified atom stereocenters. The van der Waals surface area contributed by atoms with E-state index in [1.54, 1.807) is 18.2 Å². The Morgan fingerprint density at radius 1 is 1.36 bits per heavy atom. The largest absolute Gasteiger partial charge is 0.496 e. The van der Waals surface area contributed by atoms with Crippen molar-refractivity contribution >= 4 is 27.3 Å². The fourth-order valence-corrected chi connectivity index (χ4v) is 2.33. The quantitative estimate of drug-likeness (QED) is 0.645. The molecule has 6 nitrogen and oxygen atoms in total. The molecule has 22 heavy (non-hydrogen) atoms. The molecule has 0 saturated carbocycles. The normalized spacial score (nSPS) is 9.86. The van der Waals surface area contributed by atoms with Crippen molar-refractivity contribution in [1.82, 2.24) is 0 Å². The summed E-state index contributed by atoms with van der Waals surface area (Å²) in [6.45, 7) is 0.307. The van der Waals surface area contributed by atoms with Gasteiger partial charge in [-0.05, 0) is 24.3 Å². The summed E-state index contributed by atoms with van der Waals surface area (Å²) in [6.07, 6.45) is 0. The van der Waals surface area contributed by atoms with Crippen LogP contribution < -0.4 is 10.1 Å². The zero-order valence-corrected chi connectivity index (χ0v) is 13.3. The maximum atomic E-state index is 10.9. The van der Waals surface area contributed by atoms with E-state index in [1.165, 1.54) is 19.2 Å². The number of rotatable bonds is 5. The van der Waals surface area contributed by atoms with Crippen molar-refractivity contribution in [2.45, 2.75) is 6.54 Å². The van der Waals surface area contributed by atoms with Gasteiger partial charge in [0.2, 0.25) is 0 Å². The third-order valence-electron chi connectivity index (χ3n) is 3.05. The molecule has 2 rings (SSSR count). The SMILES string of the molecule is COc1ccc([N+](=O)[O-])cc1CNc1ccc(Br)cc1C#N. The standard InChI is InChI=1S/C15H12BrN3O3/c1-22-15-5-3-13(19(20)21)7-11(15)9-18-14-4-2-12(16)6-10(14)8-17/h2-7,18H,9H2,1H3. The number of anilines is 1. The average molecular weight is 362 g/mol. The summed E-state index contributed by atoms with van der Waals surface area (Å²) >= 11 is 3.31. The molecule has 0 fully saturated rings. The number of nitro benzene ring substituents is 1. The highest BCUT2D eigenvalue weighted by molar-refractivity contribution is 9.10. The van der Waals surface area contributed by atoms with Crippen LogP contribution in [0.2, 0.25) is 0 Å². The Morgan fingerprint density at radius 2 is 2.14 bits per heavy atom. The fourth-order valence-electron chi connectivity index (χ4n) is 1.97. The average Bonchev–Trinajstić information content (AvgIpc) is 2.53. The van der Waals surface area contributed by atoms with Gasteiger partial charge in [0.1, 0.15) is 11.8 Å². The molecule has 0 aliphatic rings. The van der Waals surface area contributed by atoms with Gasteiger partial charge in [-0.2, -0.15) is 5.26 Å². The topological polar surface area (TPSA) is 88.2 Å². The molecule has 7 heteroatoms. The van der Waals surface area contributed by atoms with Crippen LogP contribution in [0.3, 0.4) is 0 Å². The molecular weight excluding hydrogens is 350 g/mol. The van der Waals surface area contributed by atoms with Gasteiger partial charge in [-0.3, -0.25) is 10.1 Å². The van der Waals surface area contributed by atoms with E-state index in [1.807, 2.05) is 6.07 Å². The van der Waals surface area contributed by atoms with Gasteiger partial charge in [0, 0.05) is 28.7 Å². The lowest BCUT2D eigenvalue weighted by molar-refractivity contribution is -0.384. The lowest BCUT2D eigenvalue weighted by Gasteiger charge is -2.11. The smallest absolute Gasteiger partial charge is 0.270 e. The van der Waals surface area contributed by atoms with Crippen LogP contribution in [0.5, 0.6) is 5.75 Å². The van der Waals surface area contributed by atoms with Gasteiger partial charge in [0.05, 0.1) is 23.3 Å². The molecule has 1 N–H and O–H groups in total. The Bertz CT molecular complexity index is 756. The maximum absolute atomic E-state index is 10.9. The van der Waals surface area contributed by atoms with E-state index in [4.69, 9.17) is 10.00 Å². The van der Waals surface area contributed by atoms with Gasteiger partial charge >= 0.3 is 0 Å². The van der Waals surface area contributed by atoms with Gasteiger partial charge in [-0.1, -0.05) is 15.9 Å². The number of halogens is 1. The summed E-state index contributed by atoms with van der Waals surface area (Å²) < 4.78 is 6.02. The fraction of sp³-hybridized carbons (Fsp3) is 0.133. The monoisotopic (exact) mass is 361 g/mol. The van der Waals surface area contributed by atoms with E-state index in [9.17, 15) is 10.1 Å². The second-order valence-corrected chi connectivity index (χ2v) is 5.32. The van der Waals surface area contributed by atoms with Crippen molar-refractivity contribution < 1.29 is 9.66 Å². The Morgan fingerprint density at radius 3 is 2.77 bits per heavy atom. The molecule has 2 aromatic rings. The van der Waals surface area contributed by atoms with Crippen LogP contribution in [0, 0.1) is 21.4 Å². The van der Waals surface area contributed by atoms with Crippen molar-refractivity contribution in [1.29, 1.82) is 5.26 Å². The minimum Gasteiger partial charge on any atom is -0.496 e. The molecule has 0 heterocycles. The van der Waals surface area contributed by atoms with Gasteiger partial charge in [0.25, 0.3) is 5.69 Å². The van der Waals surface area contributed by atoms with Crippen molar-refractivity contribution in [2.24, 2.45) is 0 Å². The summed E-state index contributed by atoms with van der Waals surface area (Å²) in [4.78, 5) is 10.4. The Labute approximate surface area is 135 Å². The predicted octanol–water partition coefficient (Wildman–Crippen LogP) is 3.85. The molecule has 0 aliphatic heterocycles. The first-order valence-corrected chi connectivity index (χ1v) is 7.09. The highest BCUT2D eigenvalue weighted by Crippen LogP contribution is 2.26.